The van der Waals surface area contributed by atoms with Crippen molar-refractivity contribution in [2.75, 3.05) is 6.61 Å². The third kappa shape index (κ3) is 3.79. The number of pyridine rings is 1. The molecule has 1 aliphatic heterocycles. The molecular formula is C28H35NO3. The van der Waals surface area contributed by atoms with Gasteiger partial charge >= 0.3 is 0 Å². The zero-order valence-electron chi connectivity index (χ0n) is 20.2. The van der Waals surface area contributed by atoms with Crippen molar-refractivity contribution in [3.8, 4) is 0 Å². The molecule has 2 heterocycles. The van der Waals surface area contributed by atoms with Crippen LogP contribution in [-0.2, 0) is 26.0 Å². The molecule has 0 bridgehead atoms. The summed E-state index contributed by atoms with van der Waals surface area (Å²) >= 11 is 0. The van der Waals surface area contributed by atoms with Crippen molar-refractivity contribution in [3.05, 3.63) is 69.7 Å². The highest BCUT2D eigenvalue weighted by Crippen LogP contribution is 2.51. The average Bonchev–Trinajstić information content (AvgIpc) is 3.56. The van der Waals surface area contributed by atoms with Crippen LogP contribution in [0.15, 0.2) is 36.2 Å². The molecule has 0 spiro atoms. The molecule has 1 atom stereocenters. The molecule has 170 valence electrons. The lowest BCUT2D eigenvalue weighted by Crippen LogP contribution is -2.34. The van der Waals surface area contributed by atoms with Crippen molar-refractivity contribution < 1.29 is 14.6 Å². The van der Waals surface area contributed by atoms with Crippen LogP contribution in [0.3, 0.4) is 0 Å². The van der Waals surface area contributed by atoms with Gasteiger partial charge in [-0.05, 0) is 77.0 Å². The van der Waals surface area contributed by atoms with Gasteiger partial charge < -0.3 is 14.6 Å². The molecule has 4 nitrogen and oxygen atoms in total. The second kappa shape index (κ2) is 7.84. The lowest BCUT2D eigenvalue weighted by atomic mass is 9.62. The normalized spacial score (nSPS) is 23.8. The number of nitrogens with zero attached hydrogens (tertiary/aromatic N) is 1. The molecule has 0 amide bonds. The van der Waals surface area contributed by atoms with Crippen LogP contribution in [0.25, 0.3) is 5.57 Å². The van der Waals surface area contributed by atoms with Crippen LogP contribution >= 0.6 is 0 Å². The highest BCUT2D eigenvalue weighted by Gasteiger charge is 2.51. The first-order valence-corrected chi connectivity index (χ1v) is 11.6. The zero-order valence-corrected chi connectivity index (χ0v) is 20.2. The first kappa shape index (κ1) is 22.7. The van der Waals surface area contributed by atoms with E-state index in [9.17, 15) is 9.90 Å². The van der Waals surface area contributed by atoms with E-state index >= 15 is 0 Å². The number of carbonyl (C=O) groups excluding carboxylic acids is 1. The van der Waals surface area contributed by atoms with Gasteiger partial charge in [0.2, 0.25) is 0 Å². The topological polar surface area (TPSA) is 62.7 Å². The summed E-state index contributed by atoms with van der Waals surface area (Å²) in [7, 11) is 0. The predicted molar refractivity (Wildman–Crippen MR) is 128 cm³/mol. The van der Waals surface area contributed by atoms with Gasteiger partial charge in [0.15, 0.2) is 5.60 Å². The summed E-state index contributed by atoms with van der Waals surface area (Å²) in [5.41, 5.74) is 7.69. The Morgan fingerprint density at radius 2 is 1.72 bits per heavy atom. The number of hydrogen-bond donors (Lipinski definition) is 1. The standard InChI is InChI=1S/C28H35NO3/c1-18-14-22-23(27(5,6)12-11-26(22,3)4)15-21(18)28(17-32-28)25-10-9-20(16-29-25)19(2)24(31)8-7-13-30/h9-10,13-16,31H,7-8,11-12,17H2,1-6H3/b24-19-. The summed E-state index contributed by atoms with van der Waals surface area (Å²) in [6.07, 6.45) is 5.66. The number of ether oxygens (including phenoxy) is 1. The van der Waals surface area contributed by atoms with E-state index in [0.29, 0.717) is 19.4 Å². The van der Waals surface area contributed by atoms with Crippen LogP contribution in [-0.4, -0.2) is 23.0 Å². The predicted octanol–water partition coefficient (Wildman–Crippen LogP) is 6.28. The Kier molecular flexibility index (Phi) is 5.57. The summed E-state index contributed by atoms with van der Waals surface area (Å²) in [5.74, 6) is 0.236. The summed E-state index contributed by atoms with van der Waals surface area (Å²) in [4.78, 5) is 15.3. The molecule has 1 aromatic carbocycles. The lowest BCUT2D eigenvalue weighted by Gasteiger charge is -2.42. The van der Waals surface area contributed by atoms with E-state index in [1.165, 1.54) is 35.1 Å². The Labute approximate surface area is 191 Å². The molecule has 32 heavy (non-hydrogen) atoms. The molecule has 0 saturated carbocycles. The fourth-order valence-electron chi connectivity index (χ4n) is 5.08. The Morgan fingerprint density at radius 3 is 2.25 bits per heavy atom. The highest BCUT2D eigenvalue weighted by atomic mass is 16.6. The molecular weight excluding hydrogens is 398 g/mol. The molecule has 1 aromatic heterocycles. The average molecular weight is 434 g/mol. The minimum Gasteiger partial charge on any atom is -0.512 e. The van der Waals surface area contributed by atoms with E-state index in [4.69, 9.17) is 9.72 Å². The van der Waals surface area contributed by atoms with Gasteiger partial charge in [0, 0.05) is 19.0 Å². The molecule has 2 aromatic rings. The molecule has 2 aliphatic rings. The zero-order chi connectivity index (χ0) is 23.3. The van der Waals surface area contributed by atoms with Gasteiger partial charge in [-0.25, -0.2) is 0 Å². The summed E-state index contributed by atoms with van der Waals surface area (Å²) in [5, 5.41) is 10.2. The molecule has 0 radical (unpaired) electrons. The van der Waals surface area contributed by atoms with Crippen molar-refractivity contribution in [1.82, 2.24) is 4.98 Å². The highest BCUT2D eigenvalue weighted by molar-refractivity contribution is 5.65. The second-order valence-corrected chi connectivity index (χ2v) is 10.8. The Bertz CT molecular complexity index is 1070. The van der Waals surface area contributed by atoms with Crippen molar-refractivity contribution in [2.45, 2.75) is 83.7 Å². The number of aliphatic hydroxyl groups is 1. The van der Waals surface area contributed by atoms with E-state index in [1.54, 1.807) is 6.20 Å². The molecule has 1 aliphatic carbocycles. The molecule has 4 heteroatoms. The van der Waals surface area contributed by atoms with E-state index in [1.807, 2.05) is 19.1 Å². The first-order chi connectivity index (χ1) is 15.0. The maximum Gasteiger partial charge on any atom is 0.158 e. The SMILES string of the molecule is C/C(=C(/O)CCC=O)c1ccc(C2(c3cc4c(cc3C)C(C)(C)CCC4(C)C)CO2)nc1. The molecule has 1 N–H and O–H groups in total. The number of fused-ring (bicyclic) bond motifs is 1. The third-order valence-corrected chi connectivity index (χ3v) is 7.61. The Hall–Kier alpha value is -2.46. The van der Waals surface area contributed by atoms with Gasteiger partial charge in [0.25, 0.3) is 0 Å². The van der Waals surface area contributed by atoms with Gasteiger partial charge in [-0.15, -0.1) is 0 Å². The first-order valence-electron chi connectivity index (χ1n) is 11.6. The number of aliphatic hydroxyl groups excluding tert-OH is 1. The number of allylic oxidation sites excluding steroid dienone is 2. The second-order valence-electron chi connectivity index (χ2n) is 10.8. The molecule has 1 fully saturated rings. The van der Waals surface area contributed by atoms with Crippen LogP contribution < -0.4 is 0 Å². The van der Waals surface area contributed by atoms with Crippen LogP contribution in [0.5, 0.6) is 0 Å². The van der Waals surface area contributed by atoms with Gasteiger partial charge in [0.1, 0.15) is 6.29 Å². The van der Waals surface area contributed by atoms with Crippen LogP contribution in [0, 0.1) is 6.92 Å². The van der Waals surface area contributed by atoms with E-state index in [0.717, 1.165) is 23.1 Å². The number of hydrogen-bond acceptors (Lipinski definition) is 4. The number of epoxide rings is 1. The third-order valence-electron chi connectivity index (χ3n) is 7.61. The van der Waals surface area contributed by atoms with Crippen LogP contribution in [0.2, 0.25) is 0 Å². The quantitative estimate of drug-likeness (QED) is 0.331. The molecule has 4 rings (SSSR count). The summed E-state index contributed by atoms with van der Waals surface area (Å²) in [6, 6.07) is 8.75. The largest absolute Gasteiger partial charge is 0.512 e. The minimum atomic E-state index is -0.494. The van der Waals surface area contributed by atoms with Crippen molar-refractivity contribution >= 4 is 11.9 Å². The van der Waals surface area contributed by atoms with Crippen LogP contribution in [0.4, 0.5) is 0 Å². The fraction of sp³-hybridized carbons (Fsp3) is 0.500. The number of rotatable bonds is 6. The number of benzene rings is 1. The molecule has 1 saturated heterocycles. The monoisotopic (exact) mass is 433 g/mol. The van der Waals surface area contributed by atoms with E-state index in [-0.39, 0.29) is 16.6 Å². The smallest absolute Gasteiger partial charge is 0.158 e. The van der Waals surface area contributed by atoms with E-state index in [2.05, 4.69) is 46.8 Å². The number of carbonyl (C=O) groups is 1. The Balaban J connectivity index is 1.72. The maximum atomic E-state index is 10.6. The minimum absolute atomic E-state index is 0.140. The van der Waals surface area contributed by atoms with Gasteiger partial charge in [-0.3, -0.25) is 4.98 Å². The van der Waals surface area contributed by atoms with Gasteiger partial charge in [-0.1, -0.05) is 45.9 Å². The lowest BCUT2D eigenvalue weighted by molar-refractivity contribution is -0.107. The maximum absolute atomic E-state index is 10.6. The van der Waals surface area contributed by atoms with Crippen LogP contribution in [0.1, 0.15) is 93.8 Å². The number of aromatic nitrogens is 1. The van der Waals surface area contributed by atoms with E-state index < -0.39 is 5.60 Å². The molecule has 1 unspecified atom stereocenters. The summed E-state index contributed by atoms with van der Waals surface area (Å²) < 4.78 is 6.10. The Morgan fingerprint density at radius 1 is 1.09 bits per heavy atom. The summed E-state index contributed by atoms with van der Waals surface area (Å²) in [6.45, 7) is 14.1. The van der Waals surface area contributed by atoms with Crippen molar-refractivity contribution in [3.63, 3.8) is 0 Å². The van der Waals surface area contributed by atoms with Gasteiger partial charge in [-0.2, -0.15) is 0 Å². The number of aryl methyl sites for hydroxylation is 1. The van der Waals surface area contributed by atoms with Crippen molar-refractivity contribution in [1.29, 1.82) is 0 Å². The van der Waals surface area contributed by atoms with Gasteiger partial charge in [0.05, 0.1) is 18.1 Å². The number of aldehydes is 1. The fourth-order valence-corrected chi connectivity index (χ4v) is 5.08. The van der Waals surface area contributed by atoms with Crippen molar-refractivity contribution in [2.24, 2.45) is 0 Å².